The Balaban J connectivity index is 2.51. The Morgan fingerprint density at radius 2 is 2.27 bits per heavy atom. The van der Waals surface area contributed by atoms with Crippen LogP contribution in [0.2, 0.25) is 0 Å². The summed E-state index contributed by atoms with van der Waals surface area (Å²) in [6.07, 6.45) is 0.439. The van der Waals surface area contributed by atoms with E-state index in [-0.39, 0.29) is 11.7 Å². The molecule has 0 aromatic heterocycles. The highest BCUT2D eigenvalue weighted by atomic mass is 79.9. The van der Waals surface area contributed by atoms with Gasteiger partial charge in [-0.15, -0.1) is 0 Å². The van der Waals surface area contributed by atoms with Crippen LogP contribution in [0.25, 0.3) is 0 Å². The van der Waals surface area contributed by atoms with Crippen molar-refractivity contribution < 1.29 is 9.18 Å². The number of aryl methyl sites for hydroxylation is 1. The van der Waals surface area contributed by atoms with Gasteiger partial charge >= 0.3 is 0 Å². The van der Waals surface area contributed by atoms with Crippen molar-refractivity contribution in [2.24, 2.45) is 0 Å². The van der Waals surface area contributed by atoms with E-state index in [1.165, 1.54) is 6.07 Å². The number of nitrogens with one attached hydrogen (secondary N) is 1. The molecule has 82 valence electrons. The highest BCUT2D eigenvalue weighted by Gasteiger charge is 2.02. The third-order valence-corrected chi connectivity index (χ3v) is 2.44. The van der Waals surface area contributed by atoms with Crippen LogP contribution in [-0.2, 0) is 11.3 Å². The molecule has 0 spiro atoms. The quantitative estimate of drug-likeness (QED) is 0.840. The molecule has 0 aliphatic carbocycles. The van der Waals surface area contributed by atoms with Gasteiger partial charge < -0.3 is 5.32 Å². The zero-order valence-electron chi connectivity index (χ0n) is 8.52. The SMILES string of the molecule is Cc1ccc(CNC(=O)CCBr)cc1F. The maximum absolute atomic E-state index is 13.1. The maximum atomic E-state index is 13.1. The third kappa shape index (κ3) is 4.00. The number of carbonyl (C=O) groups excluding carboxylic acids is 1. The Kier molecular flexibility index (Phi) is 4.75. The van der Waals surface area contributed by atoms with E-state index in [2.05, 4.69) is 21.2 Å². The number of carbonyl (C=O) groups is 1. The molecule has 1 aromatic rings. The molecule has 4 heteroatoms. The second-order valence-corrected chi connectivity index (χ2v) is 4.09. The minimum absolute atomic E-state index is 0.0344. The molecule has 15 heavy (non-hydrogen) atoms. The molecule has 0 bridgehead atoms. The van der Waals surface area contributed by atoms with E-state index in [0.29, 0.717) is 23.9 Å². The third-order valence-electron chi connectivity index (χ3n) is 2.05. The average molecular weight is 274 g/mol. The van der Waals surface area contributed by atoms with Crippen molar-refractivity contribution in [2.75, 3.05) is 5.33 Å². The van der Waals surface area contributed by atoms with Crippen LogP contribution in [0.4, 0.5) is 4.39 Å². The number of hydrogen-bond acceptors (Lipinski definition) is 1. The Labute approximate surface area is 97.0 Å². The van der Waals surface area contributed by atoms with Gasteiger partial charge in [-0.25, -0.2) is 4.39 Å². The minimum Gasteiger partial charge on any atom is -0.352 e. The normalized spacial score (nSPS) is 10.1. The lowest BCUT2D eigenvalue weighted by Gasteiger charge is -2.05. The molecule has 0 aliphatic rings. The Morgan fingerprint density at radius 1 is 1.53 bits per heavy atom. The number of amides is 1. The second kappa shape index (κ2) is 5.85. The monoisotopic (exact) mass is 273 g/mol. The highest BCUT2D eigenvalue weighted by Crippen LogP contribution is 2.08. The van der Waals surface area contributed by atoms with Crippen LogP contribution in [0.3, 0.4) is 0 Å². The Morgan fingerprint density at radius 3 is 2.87 bits per heavy atom. The van der Waals surface area contributed by atoms with E-state index < -0.39 is 0 Å². The molecule has 2 nitrogen and oxygen atoms in total. The summed E-state index contributed by atoms with van der Waals surface area (Å²) in [5.74, 6) is -0.268. The van der Waals surface area contributed by atoms with Crippen LogP contribution in [0, 0.1) is 12.7 Å². The van der Waals surface area contributed by atoms with E-state index in [1.54, 1.807) is 13.0 Å². The molecule has 0 atom stereocenters. The van der Waals surface area contributed by atoms with Crippen LogP contribution in [-0.4, -0.2) is 11.2 Å². The smallest absolute Gasteiger partial charge is 0.221 e. The average Bonchev–Trinajstić information content (AvgIpc) is 2.20. The standard InChI is InChI=1S/C11H13BrFNO/c1-8-2-3-9(6-10(8)13)7-14-11(15)4-5-12/h2-3,6H,4-5,7H2,1H3,(H,14,15). The molecule has 0 fully saturated rings. The predicted molar refractivity (Wildman–Crippen MR) is 61.4 cm³/mol. The van der Waals surface area contributed by atoms with Crippen LogP contribution < -0.4 is 5.32 Å². The number of alkyl halides is 1. The van der Waals surface area contributed by atoms with Crippen LogP contribution in [0.15, 0.2) is 18.2 Å². The molecule has 0 aliphatic heterocycles. The molecule has 0 saturated heterocycles. The molecule has 1 aromatic carbocycles. The van der Waals surface area contributed by atoms with Crippen molar-refractivity contribution in [1.82, 2.24) is 5.32 Å². The van der Waals surface area contributed by atoms with Gasteiger partial charge in [-0.2, -0.15) is 0 Å². The molecule has 0 heterocycles. The van der Waals surface area contributed by atoms with Crippen molar-refractivity contribution >= 4 is 21.8 Å². The first-order chi connectivity index (χ1) is 7.13. The van der Waals surface area contributed by atoms with Crippen molar-refractivity contribution in [1.29, 1.82) is 0 Å². The molecule has 1 rings (SSSR count). The molecule has 0 unspecified atom stereocenters. The molecular weight excluding hydrogens is 261 g/mol. The fourth-order valence-electron chi connectivity index (χ4n) is 1.12. The van der Waals surface area contributed by atoms with Crippen LogP contribution >= 0.6 is 15.9 Å². The van der Waals surface area contributed by atoms with Crippen molar-refractivity contribution in [3.63, 3.8) is 0 Å². The van der Waals surface area contributed by atoms with Gasteiger partial charge in [0.2, 0.25) is 5.91 Å². The second-order valence-electron chi connectivity index (χ2n) is 3.30. The lowest BCUT2D eigenvalue weighted by molar-refractivity contribution is -0.120. The summed E-state index contributed by atoms with van der Waals surface area (Å²) in [5, 5.41) is 3.35. The summed E-state index contributed by atoms with van der Waals surface area (Å²) in [6, 6.07) is 4.97. The minimum atomic E-state index is -0.234. The van der Waals surface area contributed by atoms with Gasteiger partial charge in [0.1, 0.15) is 5.82 Å². The molecule has 0 radical (unpaired) electrons. The van der Waals surface area contributed by atoms with Crippen LogP contribution in [0.1, 0.15) is 17.5 Å². The number of halogens is 2. The highest BCUT2D eigenvalue weighted by molar-refractivity contribution is 9.09. The first-order valence-corrected chi connectivity index (χ1v) is 5.83. The fraction of sp³-hybridized carbons (Fsp3) is 0.364. The molecule has 0 saturated carbocycles. The van der Waals surface area contributed by atoms with Gasteiger partial charge in [0.05, 0.1) is 0 Å². The number of rotatable bonds is 4. The summed E-state index contributed by atoms with van der Waals surface area (Å²) in [7, 11) is 0. The van der Waals surface area contributed by atoms with E-state index in [1.807, 2.05) is 6.07 Å². The van der Waals surface area contributed by atoms with Gasteiger partial charge in [-0.3, -0.25) is 4.79 Å². The zero-order valence-corrected chi connectivity index (χ0v) is 10.1. The summed E-state index contributed by atoms with van der Waals surface area (Å²) < 4.78 is 13.1. The largest absolute Gasteiger partial charge is 0.352 e. The molecular formula is C11H13BrFNO. The van der Waals surface area contributed by atoms with E-state index in [9.17, 15) is 9.18 Å². The summed E-state index contributed by atoms with van der Waals surface area (Å²) in [4.78, 5) is 11.1. The number of hydrogen-bond donors (Lipinski definition) is 1. The van der Waals surface area contributed by atoms with Crippen molar-refractivity contribution in [2.45, 2.75) is 19.9 Å². The van der Waals surface area contributed by atoms with Gasteiger partial charge in [-0.05, 0) is 24.1 Å². The maximum Gasteiger partial charge on any atom is 0.221 e. The zero-order chi connectivity index (χ0) is 11.3. The van der Waals surface area contributed by atoms with E-state index in [0.717, 1.165) is 5.56 Å². The topological polar surface area (TPSA) is 29.1 Å². The Bertz CT molecular complexity index is 354. The first kappa shape index (κ1) is 12.2. The van der Waals surface area contributed by atoms with Crippen molar-refractivity contribution in [3.8, 4) is 0 Å². The summed E-state index contributed by atoms with van der Waals surface area (Å²) in [5.41, 5.74) is 1.39. The van der Waals surface area contributed by atoms with Gasteiger partial charge in [0.15, 0.2) is 0 Å². The van der Waals surface area contributed by atoms with Gasteiger partial charge in [0, 0.05) is 18.3 Å². The van der Waals surface area contributed by atoms with Gasteiger partial charge in [-0.1, -0.05) is 28.1 Å². The van der Waals surface area contributed by atoms with E-state index >= 15 is 0 Å². The molecule has 1 N–H and O–H groups in total. The Hall–Kier alpha value is -0.900. The molecule has 1 amide bonds. The number of benzene rings is 1. The van der Waals surface area contributed by atoms with Crippen LogP contribution in [0.5, 0.6) is 0 Å². The lowest BCUT2D eigenvalue weighted by Crippen LogP contribution is -2.22. The summed E-state index contributed by atoms with van der Waals surface area (Å²) >= 11 is 3.18. The fourth-order valence-corrected chi connectivity index (χ4v) is 1.48. The van der Waals surface area contributed by atoms with Gasteiger partial charge in [0.25, 0.3) is 0 Å². The predicted octanol–water partition coefficient (Wildman–Crippen LogP) is 2.54. The first-order valence-electron chi connectivity index (χ1n) is 4.71. The van der Waals surface area contributed by atoms with Crippen molar-refractivity contribution in [3.05, 3.63) is 35.1 Å². The lowest BCUT2D eigenvalue weighted by atomic mass is 10.1. The van der Waals surface area contributed by atoms with E-state index in [4.69, 9.17) is 0 Å². The summed E-state index contributed by atoms with van der Waals surface area (Å²) in [6.45, 7) is 2.09.